The van der Waals surface area contributed by atoms with Gasteiger partial charge in [0.2, 0.25) is 0 Å². The topological polar surface area (TPSA) is 24.9 Å². The van der Waals surface area contributed by atoms with Crippen molar-refractivity contribution in [3.63, 3.8) is 0 Å². The van der Waals surface area contributed by atoms with Gasteiger partial charge in [0.25, 0.3) is 0 Å². The third-order valence-corrected chi connectivity index (χ3v) is 3.53. The summed E-state index contributed by atoms with van der Waals surface area (Å²) in [4.78, 5) is 4.48. The van der Waals surface area contributed by atoms with E-state index in [0.29, 0.717) is 6.04 Å². The van der Waals surface area contributed by atoms with Crippen LogP contribution in [-0.4, -0.2) is 11.0 Å². The molecule has 1 aromatic heterocycles. The molecule has 2 nitrogen and oxygen atoms in total. The van der Waals surface area contributed by atoms with Gasteiger partial charge in [-0.2, -0.15) is 0 Å². The molecular weight excluding hydrogens is 228 g/mol. The van der Waals surface area contributed by atoms with Gasteiger partial charge in [0.15, 0.2) is 5.13 Å². The lowest BCUT2D eigenvalue weighted by Crippen LogP contribution is -2.12. The first-order chi connectivity index (χ1) is 7.19. The van der Waals surface area contributed by atoms with Crippen LogP contribution in [0.2, 0.25) is 5.02 Å². The molecule has 1 atom stereocenters. The van der Waals surface area contributed by atoms with E-state index in [1.54, 1.807) is 11.3 Å². The number of nitrogens with zero attached hydrogens (tertiary/aromatic N) is 1. The normalized spacial score (nSPS) is 13.0. The molecule has 0 aliphatic heterocycles. The SMILES string of the molecule is CCC(C)Nc1nc2cc(Cl)ccc2s1. The summed E-state index contributed by atoms with van der Waals surface area (Å²) in [5.41, 5.74) is 0.971. The summed E-state index contributed by atoms with van der Waals surface area (Å²) in [6, 6.07) is 6.27. The number of benzene rings is 1. The molecule has 0 aliphatic carbocycles. The zero-order chi connectivity index (χ0) is 10.8. The first-order valence-electron chi connectivity index (χ1n) is 5.01. The van der Waals surface area contributed by atoms with E-state index < -0.39 is 0 Å². The van der Waals surface area contributed by atoms with Gasteiger partial charge in [-0.1, -0.05) is 29.9 Å². The van der Waals surface area contributed by atoms with Crippen LogP contribution in [0, 0.1) is 0 Å². The van der Waals surface area contributed by atoms with Gasteiger partial charge < -0.3 is 5.32 Å². The Morgan fingerprint density at radius 1 is 1.53 bits per heavy atom. The van der Waals surface area contributed by atoms with Crippen molar-refractivity contribution in [3.8, 4) is 0 Å². The molecular formula is C11H13ClN2S. The molecule has 1 heterocycles. The van der Waals surface area contributed by atoms with E-state index in [9.17, 15) is 0 Å². The summed E-state index contributed by atoms with van der Waals surface area (Å²) >= 11 is 7.57. The predicted molar refractivity (Wildman–Crippen MR) is 68.0 cm³/mol. The smallest absolute Gasteiger partial charge is 0.183 e. The molecule has 0 fully saturated rings. The van der Waals surface area contributed by atoms with Crippen LogP contribution in [0.25, 0.3) is 10.2 Å². The van der Waals surface area contributed by atoms with Crippen LogP contribution < -0.4 is 5.32 Å². The van der Waals surface area contributed by atoms with Crippen LogP contribution in [0.5, 0.6) is 0 Å². The summed E-state index contributed by atoms with van der Waals surface area (Å²) in [6.45, 7) is 4.31. The van der Waals surface area contributed by atoms with Gasteiger partial charge in [0, 0.05) is 11.1 Å². The lowest BCUT2D eigenvalue weighted by atomic mass is 10.3. The van der Waals surface area contributed by atoms with Gasteiger partial charge in [-0.25, -0.2) is 4.98 Å². The second-order valence-electron chi connectivity index (χ2n) is 3.58. The Kier molecular flexibility index (Phi) is 3.12. The minimum absolute atomic E-state index is 0.459. The number of anilines is 1. The molecule has 0 aliphatic rings. The fourth-order valence-electron chi connectivity index (χ4n) is 1.28. The highest BCUT2D eigenvalue weighted by Crippen LogP contribution is 2.28. The lowest BCUT2D eigenvalue weighted by Gasteiger charge is -2.08. The average molecular weight is 241 g/mol. The van der Waals surface area contributed by atoms with Crippen LogP contribution in [0.4, 0.5) is 5.13 Å². The first-order valence-corrected chi connectivity index (χ1v) is 6.21. The van der Waals surface area contributed by atoms with E-state index in [2.05, 4.69) is 24.1 Å². The third kappa shape index (κ3) is 2.41. The fraction of sp³-hybridized carbons (Fsp3) is 0.364. The van der Waals surface area contributed by atoms with Crippen molar-refractivity contribution in [2.75, 3.05) is 5.32 Å². The molecule has 1 unspecified atom stereocenters. The second-order valence-corrected chi connectivity index (χ2v) is 5.05. The highest BCUT2D eigenvalue weighted by atomic mass is 35.5. The second kappa shape index (κ2) is 4.37. The van der Waals surface area contributed by atoms with Crippen molar-refractivity contribution >= 4 is 38.3 Å². The quantitative estimate of drug-likeness (QED) is 0.872. The molecule has 1 N–H and O–H groups in total. The summed E-state index contributed by atoms with van der Waals surface area (Å²) in [6.07, 6.45) is 1.09. The van der Waals surface area contributed by atoms with E-state index in [0.717, 1.165) is 22.1 Å². The van der Waals surface area contributed by atoms with E-state index in [-0.39, 0.29) is 0 Å². The van der Waals surface area contributed by atoms with E-state index >= 15 is 0 Å². The van der Waals surface area contributed by atoms with Crippen molar-refractivity contribution in [1.82, 2.24) is 4.98 Å². The molecule has 0 saturated heterocycles. The van der Waals surface area contributed by atoms with Crippen molar-refractivity contribution in [2.45, 2.75) is 26.3 Å². The van der Waals surface area contributed by atoms with Crippen molar-refractivity contribution in [3.05, 3.63) is 23.2 Å². The van der Waals surface area contributed by atoms with Crippen molar-refractivity contribution < 1.29 is 0 Å². The van der Waals surface area contributed by atoms with E-state index in [1.807, 2.05) is 18.2 Å². The minimum Gasteiger partial charge on any atom is -0.359 e. The highest BCUT2D eigenvalue weighted by molar-refractivity contribution is 7.22. The van der Waals surface area contributed by atoms with Crippen LogP contribution in [-0.2, 0) is 0 Å². The monoisotopic (exact) mass is 240 g/mol. The van der Waals surface area contributed by atoms with Crippen LogP contribution >= 0.6 is 22.9 Å². The molecule has 2 aromatic rings. The summed E-state index contributed by atoms with van der Waals surface area (Å²) in [5, 5.41) is 5.08. The van der Waals surface area contributed by atoms with Gasteiger partial charge in [0.05, 0.1) is 10.2 Å². The van der Waals surface area contributed by atoms with Gasteiger partial charge in [-0.15, -0.1) is 0 Å². The highest BCUT2D eigenvalue weighted by Gasteiger charge is 2.05. The number of halogens is 1. The third-order valence-electron chi connectivity index (χ3n) is 2.33. The maximum Gasteiger partial charge on any atom is 0.183 e. The summed E-state index contributed by atoms with van der Waals surface area (Å²) in [5.74, 6) is 0. The van der Waals surface area contributed by atoms with Gasteiger partial charge in [-0.05, 0) is 31.5 Å². The van der Waals surface area contributed by atoms with Gasteiger partial charge in [-0.3, -0.25) is 0 Å². The predicted octanol–water partition coefficient (Wildman–Crippen LogP) is 4.16. The Bertz CT molecular complexity index is 467. The molecule has 0 amide bonds. The number of hydrogen-bond acceptors (Lipinski definition) is 3. The maximum atomic E-state index is 5.91. The Hall–Kier alpha value is -0.800. The Morgan fingerprint density at radius 3 is 3.07 bits per heavy atom. The fourth-order valence-corrected chi connectivity index (χ4v) is 2.40. The number of hydrogen-bond donors (Lipinski definition) is 1. The molecule has 15 heavy (non-hydrogen) atoms. The number of fused-ring (bicyclic) bond motifs is 1. The van der Waals surface area contributed by atoms with E-state index in [1.165, 1.54) is 4.70 Å². The zero-order valence-electron chi connectivity index (χ0n) is 8.75. The summed E-state index contributed by atoms with van der Waals surface area (Å²) < 4.78 is 1.17. The molecule has 2 rings (SSSR count). The Morgan fingerprint density at radius 2 is 2.33 bits per heavy atom. The van der Waals surface area contributed by atoms with Crippen molar-refractivity contribution in [2.24, 2.45) is 0 Å². The number of rotatable bonds is 3. The molecule has 0 spiro atoms. The number of nitrogens with one attached hydrogen (secondary N) is 1. The number of thiazole rings is 1. The van der Waals surface area contributed by atoms with Crippen LogP contribution in [0.3, 0.4) is 0 Å². The van der Waals surface area contributed by atoms with Gasteiger partial charge in [0.1, 0.15) is 0 Å². The molecule has 1 aromatic carbocycles. The zero-order valence-corrected chi connectivity index (χ0v) is 10.3. The molecule has 0 bridgehead atoms. The Labute approximate surface area is 98.3 Å². The summed E-state index contributed by atoms with van der Waals surface area (Å²) in [7, 11) is 0. The Balaban J connectivity index is 2.30. The van der Waals surface area contributed by atoms with Crippen molar-refractivity contribution in [1.29, 1.82) is 0 Å². The van der Waals surface area contributed by atoms with Gasteiger partial charge >= 0.3 is 0 Å². The molecule has 4 heteroatoms. The largest absolute Gasteiger partial charge is 0.359 e. The molecule has 80 valence electrons. The minimum atomic E-state index is 0.459. The first kappa shape index (κ1) is 10.7. The lowest BCUT2D eigenvalue weighted by molar-refractivity contribution is 0.763. The molecule has 0 radical (unpaired) electrons. The van der Waals surface area contributed by atoms with Crippen LogP contribution in [0.1, 0.15) is 20.3 Å². The molecule has 0 saturated carbocycles. The average Bonchev–Trinajstić information content (AvgIpc) is 2.59. The van der Waals surface area contributed by atoms with E-state index in [4.69, 9.17) is 11.6 Å². The maximum absolute atomic E-state index is 5.91. The number of aromatic nitrogens is 1. The van der Waals surface area contributed by atoms with Crippen LogP contribution in [0.15, 0.2) is 18.2 Å². The standard InChI is InChI=1S/C11H13ClN2S/c1-3-7(2)13-11-14-9-6-8(12)4-5-10(9)15-11/h4-7H,3H2,1-2H3,(H,13,14).